The minimum atomic E-state index is -0.796. The summed E-state index contributed by atoms with van der Waals surface area (Å²) in [7, 11) is 0. The Balaban J connectivity index is 2.17. The third-order valence-corrected chi connectivity index (χ3v) is 3.17. The molecule has 0 aliphatic heterocycles. The highest BCUT2D eigenvalue weighted by molar-refractivity contribution is 6.30. The van der Waals surface area contributed by atoms with Gasteiger partial charge in [0, 0.05) is 6.20 Å². The Labute approximate surface area is 116 Å². The number of hydrogen-bond donors (Lipinski definition) is 1. The van der Waals surface area contributed by atoms with Crippen molar-refractivity contribution in [2.24, 2.45) is 5.41 Å². The fraction of sp³-hybridized carbons (Fsp3) is 0.286. The van der Waals surface area contributed by atoms with Crippen molar-refractivity contribution in [1.82, 2.24) is 9.78 Å². The van der Waals surface area contributed by atoms with Gasteiger partial charge in [-0.05, 0) is 38.0 Å². The average Bonchev–Trinajstić information content (AvgIpc) is 2.76. The summed E-state index contributed by atoms with van der Waals surface area (Å²) in [6.07, 6.45) is 3.78. The van der Waals surface area contributed by atoms with Gasteiger partial charge in [-0.2, -0.15) is 5.10 Å². The standard InChI is InChI=1S/C14H15ClN2O2/c1-14(2,13(18)19)7-10-3-5-12(6-4-10)17-9-11(15)8-16-17/h3-6,8-9H,7H2,1-2H3,(H,18,19). The summed E-state index contributed by atoms with van der Waals surface area (Å²) in [6.45, 7) is 3.44. The monoisotopic (exact) mass is 278 g/mol. The fourth-order valence-corrected chi connectivity index (χ4v) is 1.93. The van der Waals surface area contributed by atoms with Crippen LogP contribution in [0.2, 0.25) is 5.02 Å². The number of rotatable bonds is 4. The predicted molar refractivity (Wildman–Crippen MR) is 73.7 cm³/mol. The van der Waals surface area contributed by atoms with Gasteiger partial charge in [-0.3, -0.25) is 4.79 Å². The zero-order valence-corrected chi connectivity index (χ0v) is 11.6. The quantitative estimate of drug-likeness (QED) is 0.934. The summed E-state index contributed by atoms with van der Waals surface area (Å²) in [5, 5.41) is 13.8. The normalized spacial score (nSPS) is 11.5. The van der Waals surface area contributed by atoms with E-state index in [4.69, 9.17) is 16.7 Å². The molecular formula is C14H15ClN2O2. The predicted octanol–water partition coefficient (Wildman–Crippen LogP) is 3.18. The van der Waals surface area contributed by atoms with Crippen LogP contribution in [0.25, 0.3) is 5.69 Å². The van der Waals surface area contributed by atoms with Crippen molar-refractivity contribution in [3.05, 3.63) is 47.2 Å². The molecule has 0 aliphatic rings. The molecule has 1 aromatic carbocycles. The van der Waals surface area contributed by atoms with Crippen molar-refractivity contribution in [3.63, 3.8) is 0 Å². The second-order valence-corrected chi connectivity index (χ2v) is 5.57. The Morgan fingerprint density at radius 3 is 2.47 bits per heavy atom. The fourth-order valence-electron chi connectivity index (χ4n) is 1.79. The molecule has 4 nitrogen and oxygen atoms in total. The summed E-state index contributed by atoms with van der Waals surface area (Å²) in [6, 6.07) is 7.62. The second-order valence-electron chi connectivity index (χ2n) is 5.14. The molecule has 0 saturated heterocycles. The molecule has 0 atom stereocenters. The molecule has 19 heavy (non-hydrogen) atoms. The van der Waals surface area contributed by atoms with Gasteiger partial charge in [-0.15, -0.1) is 0 Å². The molecule has 5 heteroatoms. The first-order valence-corrected chi connectivity index (χ1v) is 6.29. The van der Waals surface area contributed by atoms with Gasteiger partial charge in [-0.25, -0.2) is 4.68 Å². The molecule has 100 valence electrons. The minimum absolute atomic E-state index is 0.489. The molecule has 1 heterocycles. The van der Waals surface area contributed by atoms with E-state index in [0.29, 0.717) is 11.4 Å². The van der Waals surface area contributed by atoms with Crippen molar-refractivity contribution in [2.75, 3.05) is 0 Å². The molecule has 0 spiro atoms. The zero-order chi connectivity index (χ0) is 14.0. The molecular weight excluding hydrogens is 264 g/mol. The number of carboxylic acids is 1. The van der Waals surface area contributed by atoms with Gasteiger partial charge in [0.25, 0.3) is 0 Å². The van der Waals surface area contributed by atoms with Gasteiger partial charge < -0.3 is 5.11 Å². The van der Waals surface area contributed by atoms with Gasteiger partial charge in [0.05, 0.1) is 22.3 Å². The largest absolute Gasteiger partial charge is 0.481 e. The van der Waals surface area contributed by atoms with Crippen LogP contribution >= 0.6 is 11.6 Å². The molecule has 0 unspecified atom stereocenters. The van der Waals surface area contributed by atoms with Crippen molar-refractivity contribution in [2.45, 2.75) is 20.3 Å². The van der Waals surface area contributed by atoms with E-state index in [0.717, 1.165) is 11.3 Å². The Hall–Kier alpha value is -1.81. The highest BCUT2D eigenvalue weighted by atomic mass is 35.5. The maximum atomic E-state index is 11.1. The number of carboxylic acid groups (broad SMARTS) is 1. The van der Waals surface area contributed by atoms with Crippen LogP contribution in [-0.2, 0) is 11.2 Å². The lowest BCUT2D eigenvalue weighted by Crippen LogP contribution is -2.26. The van der Waals surface area contributed by atoms with E-state index < -0.39 is 11.4 Å². The third-order valence-electron chi connectivity index (χ3n) is 2.98. The number of carbonyl (C=O) groups is 1. The van der Waals surface area contributed by atoms with Crippen LogP contribution in [0.1, 0.15) is 19.4 Å². The lowest BCUT2D eigenvalue weighted by molar-refractivity contribution is -0.146. The highest BCUT2D eigenvalue weighted by Gasteiger charge is 2.27. The van der Waals surface area contributed by atoms with Gasteiger partial charge in [0.15, 0.2) is 0 Å². The lowest BCUT2D eigenvalue weighted by Gasteiger charge is -2.19. The van der Waals surface area contributed by atoms with E-state index in [1.165, 1.54) is 0 Å². The van der Waals surface area contributed by atoms with Crippen molar-refractivity contribution < 1.29 is 9.90 Å². The third kappa shape index (κ3) is 3.15. The lowest BCUT2D eigenvalue weighted by atomic mass is 9.86. The molecule has 0 saturated carbocycles. The molecule has 0 aliphatic carbocycles. The molecule has 1 aromatic heterocycles. The van der Waals surface area contributed by atoms with E-state index in [2.05, 4.69) is 5.10 Å². The van der Waals surface area contributed by atoms with Gasteiger partial charge in [0.2, 0.25) is 0 Å². The topological polar surface area (TPSA) is 55.1 Å². The summed E-state index contributed by atoms with van der Waals surface area (Å²) in [5.41, 5.74) is 1.11. The van der Waals surface area contributed by atoms with E-state index in [1.54, 1.807) is 30.9 Å². The number of aliphatic carboxylic acids is 1. The first-order valence-electron chi connectivity index (χ1n) is 5.91. The number of benzene rings is 1. The second kappa shape index (κ2) is 5.05. The van der Waals surface area contributed by atoms with E-state index in [1.807, 2.05) is 24.3 Å². The average molecular weight is 279 g/mol. The van der Waals surface area contributed by atoms with Gasteiger partial charge in [-0.1, -0.05) is 23.7 Å². The molecule has 1 N–H and O–H groups in total. The Bertz CT molecular complexity index is 588. The molecule has 0 bridgehead atoms. The Morgan fingerprint density at radius 2 is 2.00 bits per heavy atom. The van der Waals surface area contributed by atoms with E-state index in [-0.39, 0.29) is 0 Å². The number of nitrogens with zero attached hydrogens (tertiary/aromatic N) is 2. The first-order chi connectivity index (χ1) is 8.88. The Morgan fingerprint density at radius 1 is 1.37 bits per heavy atom. The van der Waals surface area contributed by atoms with Gasteiger partial charge >= 0.3 is 5.97 Å². The smallest absolute Gasteiger partial charge is 0.309 e. The summed E-state index contributed by atoms with van der Waals surface area (Å²) >= 11 is 5.81. The van der Waals surface area contributed by atoms with Crippen LogP contribution in [-0.4, -0.2) is 20.9 Å². The van der Waals surface area contributed by atoms with Crippen molar-refractivity contribution >= 4 is 17.6 Å². The molecule has 2 rings (SSSR count). The molecule has 0 amide bonds. The van der Waals surface area contributed by atoms with Crippen LogP contribution in [0, 0.1) is 5.41 Å². The van der Waals surface area contributed by atoms with Crippen LogP contribution in [0.15, 0.2) is 36.7 Å². The maximum Gasteiger partial charge on any atom is 0.309 e. The SMILES string of the molecule is CC(C)(Cc1ccc(-n2cc(Cl)cn2)cc1)C(=O)O. The van der Waals surface area contributed by atoms with Crippen molar-refractivity contribution in [3.8, 4) is 5.69 Å². The summed E-state index contributed by atoms with van der Waals surface area (Å²) in [5.74, 6) is -0.796. The Kier molecular flexibility index (Phi) is 3.62. The first kappa shape index (κ1) is 13.6. The van der Waals surface area contributed by atoms with Crippen LogP contribution in [0.3, 0.4) is 0 Å². The van der Waals surface area contributed by atoms with E-state index >= 15 is 0 Å². The summed E-state index contributed by atoms with van der Waals surface area (Å²) < 4.78 is 1.68. The summed E-state index contributed by atoms with van der Waals surface area (Å²) in [4.78, 5) is 11.1. The van der Waals surface area contributed by atoms with Gasteiger partial charge in [0.1, 0.15) is 0 Å². The van der Waals surface area contributed by atoms with Crippen LogP contribution in [0.4, 0.5) is 0 Å². The number of hydrogen-bond acceptors (Lipinski definition) is 2. The highest BCUT2D eigenvalue weighted by Crippen LogP contribution is 2.23. The van der Waals surface area contributed by atoms with Crippen LogP contribution in [0.5, 0.6) is 0 Å². The van der Waals surface area contributed by atoms with Crippen LogP contribution < -0.4 is 0 Å². The molecule has 0 radical (unpaired) electrons. The number of aromatic nitrogens is 2. The van der Waals surface area contributed by atoms with Crippen molar-refractivity contribution in [1.29, 1.82) is 0 Å². The zero-order valence-electron chi connectivity index (χ0n) is 10.8. The molecule has 0 fully saturated rings. The number of halogens is 1. The maximum absolute atomic E-state index is 11.1. The van der Waals surface area contributed by atoms with E-state index in [9.17, 15) is 4.79 Å². The minimum Gasteiger partial charge on any atom is -0.481 e. The molecule has 2 aromatic rings.